The fourth-order valence-corrected chi connectivity index (χ4v) is 4.15. The molecular formula is C19H18N2O4. The third kappa shape index (κ3) is 2.36. The van der Waals surface area contributed by atoms with Gasteiger partial charge in [0.05, 0.1) is 11.8 Å². The SMILES string of the molecule is CC(=O)Oc1ccccc1C1Cc2c(ccn2C)C2C(=O)NC(=O)C12. The van der Waals surface area contributed by atoms with Gasteiger partial charge in [-0.25, -0.2) is 0 Å². The normalized spacial score (nSPS) is 24.5. The molecule has 2 aromatic rings. The molecule has 0 bridgehead atoms. The van der Waals surface area contributed by atoms with Crippen LogP contribution in [0.3, 0.4) is 0 Å². The summed E-state index contributed by atoms with van der Waals surface area (Å²) in [6.45, 7) is 1.35. The first-order chi connectivity index (χ1) is 12.0. The molecule has 1 saturated heterocycles. The molecule has 0 saturated carbocycles. The molecule has 3 unspecified atom stereocenters. The number of carbonyl (C=O) groups is 3. The number of hydrogen-bond donors (Lipinski definition) is 1. The van der Waals surface area contributed by atoms with Gasteiger partial charge in [-0.2, -0.15) is 0 Å². The fourth-order valence-electron chi connectivity index (χ4n) is 4.15. The summed E-state index contributed by atoms with van der Waals surface area (Å²) in [6.07, 6.45) is 2.52. The third-order valence-corrected chi connectivity index (χ3v) is 5.18. The number of benzene rings is 1. The summed E-state index contributed by atoms with van der Waals surface area (Å²) in [6, 6.07) is 9.15. The lowest BCUT2D eigenvalue weighted by molar-refractivity contribution is -0.132. The van der Waals surface area contributed by atoms with E-state index in [1.54, 1.807) is 12.1 Å². The van der Waals surface area contributed by atoms with E-state index in [0.717, 1.165) is 16.8 Å². The highest BCUT2D eigenvalue weighted by Gasteiger charge is 2.51. The number of aryl methyl sites for hydroxylation is 1. The van der Waals surface area contributed by atoms with Gasteiger partial charge in [0.2, 0.25) is 11.8 Å². The van der Waals surface area contributed by atoms with Crippen molar-refractivity contribution >= 4 is 17.8 Å². The molecule has 3 atom stereocenters. The average molecular weight is 338 g/mol. The van der Waals surface area contributed by atoms with Crippen molar-refractivity contribution in [1.29, 1.82) is 0 Å². The zero-order valence-corrected chi connectivity index (χ0v) is 14.0. The molecule has 0 spiro atoms. The topological polar surface area (TPSA) is 77.4 Å². The molecular weight excluding hydrogens is 320 g/mol. The molecule has 0 radical (unpaired) electrons. The molecule has 2 aliphatic rings. The number of carbonyl (C=O) groups excluding carboxylic acids is 3. The largest absolute Gasteiger partial charge is 0.426 e. The van der Waals surface area contributed by atoms with Crippen LogP contribution in [0.2, 0.25) is 0 Å². The molecule has 128 valence electrons. The molecule has 1 N–H and O–H groups in total. The van der Waals surface area contributed by atoms with Gasteiger partial charge >= 0.3 is 5.97 Å². The van der Waals surface area contributed by atoms with Crippen LogP contribution >= 0.6 is 0 Å². The van der Waals surface area contributed by atoms with Crippen molar-refractivity contribution in [2.75, 3.05) is 0 Å². The Hall–Kier alpha value is -2.89. The average Bonchev–Trinajstić information content (AvgIpc) is 3.07. The van der Waals surface area contributed by atoms with Gasteiger partial charge < -0.3 is 9.30 Å². The van der Waals surface area contributed by atoms with Crippen LogP contribution in [0.15, 0.2) is 36.5 Å². The van der Waals surface area contributed by atoms with Crippen molar-refractivity contribution in [2.24, 2.45) is 13.0 Å². The van der Waals surface area contributed by atoms with Gasteiger partial charge in [-0.05, 0) is 29.7 Å². The summed E-state index contributed by atoms with van der Waals surface area (Å²) in [5.74, 6) is -1.68. The molecule has 2 heterocycles. The lowest BCUT2D eigenvalue weighted by atomic mass is 9.69. The first kappa shape index (κ1) is 15.6. The number of para-hydroxylation sites is 1. The Labute approximate surface area is 144 Å². The zero-order valence-electron chi connectivity index (χ0n) is 14.0. The number of ether oxygens (including phenoxy) is 1. The maximum absolute atomic E-state index is 12.5. The third-order valence-electron chi connectivity index (χ3n) is 5.18. The van der Waals surface area contributed by atoms with Crippen LogP contribution in [0.4, 0.5) is 0 Å². The van der Waals surface area contributed by atoms with Gasteiger partial charge in [0, 0.05) is 31.8 Å². The molecule has 1 aliphatic heterocycles. The Balaban J connectivity index is 1.86. The van der Waals surface area contributed by atoms with Gasteiger partial charge in [-0.3, -0.25) is 19.7 Å². The Kier molecular flexibility index (Phi) is 3.49. The Bertz CT molecular complexity index is 899. The second-order valence-corrected chi connectivity index (χ2v) is 6.63. The molecule has 1 fully saturated rings. The van der Waals surface area contributed by atoms with E-state index in [4.69, 9.17) is 4.74 Å². The van der Waals surface area contributed by atoms with E-state index in [9.17, 15) is 14.4 Å². The molecule has 2 amide bonds. The van der Waals surface area contributed by atoms with Crippen molar-refractivity contribution in [1.82, 2.24) is 9.88 Å². The maximum Gasteiger partial charge on any atom is 0.308 e. The second-order valence-electron chi connectivity index (χ2n) is 6.63. The Morgan fingerprint density at radius 1 is 1.16 bits per heavy atom. The number of aromatic nitrogens is 1. The van der Waals surface area contributed by atoms with Gasteiger partial charge in [0.25, 0.3) is 0 Å². The Morgan fingerprint density at radius 2 is 1.92 bits per heavy atom. The van der Waals surface area contributed by atoms with Gasteiger partial charge in [-0.15, -0.1) is 0 Å². The highest BCUT2D eigenvalue weighted by atomic mass is 16.5. The number of nitrogens with zero attached hydrogens (tertiary/aromatic N) is 1. The Morgan fingerprint density at radius 3 is 2.68 bits per heavy atom. The smallest absolute Gasteiger partial charge is 0.308 e. The van der Waals surface area contributed by atoms with Crippen LogP contribution in [-0.4, -0.2) is 22.4 Å². The van der Waals surface area contributed by atoms with E-state index < -0.39 is 17.8 Å². The maximum atomic E-state index is 12.5. The predicted octanol–water partition coefficient (Wildman–Crippen LogP) is 1.65. The number of esters is 1. The zero-order chi connectivity index (χ0) is 17.7. The van der Waals surface area contributed by atoms with Crippen LogP contribution in [0.1, 0.15) is 35.6 Å². The fraction of sp³-hybridized carbons (Fsp3) is 0.316. The molecule has 25 heavy (non-hydrogen) atoms. The monoisotopic (exact) mass is 338 g/mol. The summed E-state index contributed by atoms with van der Waals surface area (Å²) < 4.78 is 7.34. The summed E-state index contributed by atoms with van der Waals surface area (Å²) in [5.41, 5.74) is 2.73. The minimum Gasteiger partial charge on any atom is -0.426 e. The first-order valence-electron chi connectivity index (χ1n) is 8.23. The lowest BCUT2D eigenvalue weighted by Gasteiger charge is -2.32. The van der Waals surface area contributed by atoms with Crippen LogP contribution in [-0.2, 0) is 27.9 Å². The highest BCUT2D eigenvalue weighted by Crippen LogP contribution is 2.49. The van der Waals surface area contributed by atoms with Crippen molar-refractivity contribution < 1.29 is 19.1 Å². The highest BCUT2D eigenvalue weighted by molar-refractivity contribution is 6.08. The number of fused-ring (bicyclic) bond motifs is 3. The molecule has 1 aromatic heterocycles. The number of amides is 2. The van der Waals surface area contributed by atoms with Gasteiger partial charge in [-0.1, -0.05) is 18.2 Å². The minimum atomic E-state index is -0.493. The van der Waals surface area contributed by atoms with E-state index >= 15 is 0 Å². The van der Waals surface area contributed by atoms with Crippen molar-refractivity contribution in [2.45, 2.75) is 25.2 Å². The van der Waals surface area contributed by atoms with E-state index in [1.165, 1.54) is 6.92 Å². The molecule has 1 aliphatic carbocycles. The van der Waals surface area contributed by atoms with Crippen molar-refractivity contribution in [3.05, 3.63) is 53.3 Å². The standard InChI is InChI=1S/C19H18N2O4/c1-10(22)25-15-6-4-3-5-11(15)13-9-14-12(7-8-21(14)2)16-17(13)19(24)20-18(16)23/h3-8,13,16-17H,9H2,1-2H3,(H,20,23,24). The van der Waals surface area contributed by atoms with E-state index in [1.807, 2.05) is 36.0 Å². The van der Waals surface area contributed by atoms with Crippen molar-refractivity contribution in [3.63, 3.8) is 0 Å². The molecule has 4 rings (SSSR count). The van der Waals surface area contributed by atoms with Crippen LogP contribution < -0.4 is 10.1 Å². The number of rotatable bonds is 2. The number of hydrogen-bond acceptors (Lipinski definition) is 4. The van der Waals surface area contributed by atoms with Gasteiger partial charge in [0.1, 0.15) is 5.75 Å². The number of nitrogens with one attached hydrogen (secondary N) is 1. The predicted molar refractivity (Wildman–Crippen MR) is 89.0 cm³/mol. The lowest BCUT2D eigenvalue weighted by Crippen LogP contribution is -2.31. The number of imide groups is 1. The minimum absolute atomic E-state index is 0.229. The molecule has 6 heteroatoms. The van der Waals surface area contributed by atoms with Crippen LogP contribution in [0.5, 0.6) is 5.75 Å². The van der Waals surface area contributed by atoms with Crippen LogP contribution in [0.25, 0.3) is 0 Å². The summed E-state index contributed by atoms with van der Waals surface area (Å²) in [4.78, 5) is 36.4. The van der Waals surface area contributed by atoms with Gasteiger partial charge in [0.15, 0.2) is 0 Å². The molecule has 1 aromatic carbocycles. The first-order valence-corrected chi connectivity index (χ1v) is 8.23. The quantitative estimate of drug-likeness (QED) is 0.513. The second kappa shape index (κ2) is 5.58. The van der Waals surface area contributed by atoms with E-state index in [0.29, 0.717) is 12.2 Å². The summed E-state index contributed by atoms with van der Waals surface area (Å²) in [7, 11) is 1.93. The molecule has 6 nitrogen and oxygen atoms in total. The summed E-state index contributed by atoms with van der Waals surface area (Å²) >= 11 is 0. The van der Waals surface area contributed by atoms with Crippen LogP contribution in [0, 0.1) is 5.92 Å². The van der Waals surface area contributed by atoms with E-state index in [-0.39, 0.29) is 17.7 Å². The van der Waals surface area contributed by atoms with Crippen molar-refractivity contribution in [3.8, 4) is 5.75 Å². The van der Waals surface area contributed by atoms with E-state index in [2.05, 4.69) is 5.32 Å². The summed E-state index contributed by atoms with van der Waals surface area (Å²) in [5, 5.41) is 2.47.